The van der Waals surface area contributed by atoms with Crippen molar-refractivity contribution < 1.29 is 33.8 Å². The molecule has 9 nitrogen and oxygen atoms in total. The van der Waals surface area contributed by atoms with Crippen LogP contribution < -0.4 is 10.1 Å². The van der Waals surface area contributed by atoms with Gasteiger partial charge in [-0.25, -0.2) is 4.79 Å². The number of aliphatic carboxylic acids is 1. The molecule has 12 heteroatoms. The third kappa shape index (κ3) is 5.72. The zero-order chi connectivity index (χ0) is 22.5. The van der Waals surface area contributed by atoms with Crippen LogP contribution in [0.2, 0.25) is 0 Å². The number of ketones is 1. The summed E-state index contributed by atoms with van der Waals surface area (Å²) in [5.74, 6) is -2.40. The number of likely N-dealkylation sites (tertiary alicyclic amines) is 1. The number of carbonyl (C=O) groups excluding carboxylic acids is 4. The summed E-state index contributed by atoms with van der Waals surface area (Å²) in [7, 11) is 0. The van der Waals surface area contributed by atoms with Crippen LogP contribution in [-0.4, -0.2) is 73.2 Å². The summed E-state index contributed by atoms with van der Waals surface area (Å²) in [5, 5.41) is 10.4. The highest BCUT2D eigenvalue weighted by atomic mass is 35.5. The van der Waals surface area contributed by atoms with E-state index in [0.29, 0.717) is 18.6 Å². The Morgan fingerprint density at radius 2 is 2.00 bits per heavy atom. The smallest absolute Gasteiger partial charge is 0.342 e. The Kier molecular flexibility index (Phi) is 7.84. The Morgan fingerprint density at radius 3 is 2.61 bits per heavy atom. The number of ether oxygens (including phenoxy) is 1. The third-order valence-electron chi connectivity index (χ3n) is 4.60. The topological polar surface area (TPSA) is 130 Å². The molecule has 31 heavy (non-hydrogen) atoms. The van der Waals surface area contributed by atoms with Crippen LogP contribution in [0.1, 0.15) is 12.8 Å². The number of nitrogens with one attached hydrogen (secondary N) is 1. The van der Waals surface area contributed by atoms with Gasteiger partial charge in [-0.3, -0.25) is 24.1 Å². The molecular formula is C19H19ClN2O7S2. The van der Waals surface area contributed by atoms with Crippen molar-refractivity contribution in [3.8, 4) is 5.75 Å². The van der Waals surface area contributed by atoms with E-state index in [-0.39, 0.29) is 23.3 Å². The summed E-state index contributed by atoms with van der Waals surface area (Å²) >= 11 is 7.83. The standard InChI is InChI=1S/C19H19ClN2O7S2/c20-16(19(27)28)22-17(26)15(21-13(24)8-29-10-4-2-1-3-5-10)18(22)30-9-11(23)12-6-7-14(25)31-12/h1-5,12,15-16,18H,6-9H2,(H,21,24)(H,27,28)/t12?,15-,16?,18-/m1/s1. The van der Waals surface area contributed by atoms with Crippen LogP contribution in [0.3, 0.4) is 0 Å². The Morgan fingerprint density at radius 1 is 1.29 bits per heavy atom. The molecule has 0 radical (unpaired) electrons. The molecule has 0 bridgehead atoms. The number of Topliss-reactive ketones (excluding diaryl/α,β-unsaturated/α-hetero) is 1. The number of hydrogen-bond acceptors (Lipinski definition) is 8. The van der Waals surface area contributed by atoms with Gasteiger partial charge >= 0.3 is 5.97 Å². The zero-order valence-corrected chi connectivity index (χ0v) is 18.5. The maximum Gasteiger partial charge on any atom is 0.342 e. The van der Waals surface area contributed by atoms with Crippen LogP contribution in [0.25, 0.3) is 0 Å². The quantitative estimate of drug-likeness (QED) is 0.283. The Bertz CT molecular complexity index is 885. The molecule has 3 rings (SSSR count). The number of benzene rings is 1. The molecule has 2 aliphatic rings. The summed E-state index contributed by atoms with van der Waals surface area (Å²) in [6.07, 6.45) is 0.795. The van der Waals surface area contributed by atoms with Gasteiger partial charge in [-0.2, -0.15) is 0 Å². The van der Waals surface area contributed by atoms with E-state index in [2.05, 4.69) is 5.32 Å². The van der Waals surface area contributed by atoms with Crippen molar-refractivity contribution in [2.24, 2.45) is 0 Å². The molecule has 2 amide bonds. The number of carbonyl (C=O) groups is 5. The minimum absolute atomic E-state index is 0.0425. The summed E-state index contributed by atoms with van der Waals surface area (Å²) in [6, 6.07) is 7.58. The molecule has 4 atom stereocenters. The van der Waals surface area contributed by atoms with Gasteiger partial charge in [0.25, 0.3) is 11.8 Å². The van der Waals surface area contributed by atoms with Crippen molar-refractivity contribution >= 4 is 63.8 Å². The van der Waals surface area contributed by atoms with E-state index in [1.165, 1.54) is 0 Å². The molecule has 2 fully saturated rings. The average molecular weight is 487 g/mol. The molecule has 0 aromatic heterocycles. The lowest BCUT2D eigenvalue weighted by Gasteiger charge is -2.47. The number of nitrogens with zero attached hydrogens (tertiary/aromatic N) is 1. The van der Waals surface area contributed by atoms with Crippen LogP contribution in [-0.2, 0) is 24.0 Å². The van der Waals surface area contributed by atoms with Crippen LogP contribution in [0.15, 0.2) is 30.3 Å². The van der Waals surface area contributed by atoms with Crippen LogP contribution >= 0.6 is 35.1 Å². The minimum atomic E-state index is -1.63. The number of rotatable bonds is 10. The van der Waals surface area contributed by atoms with E-state index in [4.69, 9.17) is 21.4 Å². The molecule has 0 aliphatic carbocycles. The fourth-order valence-electron chi connectivity index (χ4n) is 3.05. The van der Waals surface area contributed by atoms with Crippen LogP contribution in [0, 0.1) is 0 Å². The fraction of sp³-hybridized carbons (Fsp3) is 0.421. The SMILES string of the molecule is O=C(COc1ccccc1)N[C@@H]1C(=O)N(C(Cl)C(=O)O)[C@@H]1SCC(=O)C1CCC(=O)S1. The van der Waals surface area contributed by atoms with Gasteiger partial charge in [-0.1, -0.05) is 41.6 Å². The van der Waals surface area contributed by atoms with Crippen molar-refractivity contribution in [1.29, 1.82) is 0 Å². The van der Waals surface area contributed by atoms with Gasteiger partial charge in [-0.15, -0.1) is 11.8 Å². The van der Waals surface area contributed by atoms with Crippen molar-refractivity contribution in [2.45, 2.75) is 35.0 Å². The normalized spacial score (nSPS) is 23.8. The van der Waals surface area contributed by atoms with E-state index in [9.17, 15) is 24.0 Å². The van der Waals surface area contributed by atoms with Gasteiger partial charge in [0, 0.05) is 6.42 Å². The molecule has 0 spiro atoms. The highest BCUT2D eigenvalue weighted by Crippen LogP contribution is 2.35. The Labute approximate surface area is 191 Å². The number of alkyl halides is 1. The highest BCUT2D eigenvalue weighted by Gasteiger charge is 2.53. The Hall–Kier alpha value is -2.24. The largest absolute Gasteiger partial charge is 0.484 e. The first kappa shape index (κ1) is 23.4. The monoisotopic (exact) mass is 486 g/mol. The zero-order valence-electron chi connectivity index (χ0n) is 16.1. The Balaban J connectivity index is 1.59. The lowest BCUT2D eigenvalue weighted by atomic mass is 10.1. The lowest BCUT2D eigenvalue weighted by Crippen LogP contribution is -2.72. The second-order valence-corrected chi connectivity index (χ2v) is 9.53. The molecule has 2 N–H and O–H groups in total. The summed E-state index contributed by atoms with van der Waals surface area (Å²) in [6.45, 7) is -0.339. The molecule has 2 heterocycles. The van der Waals surface area contributed by atoms with Gasteiger partial charge < -0.3 is 15.2 Å². The molecule has 0 saturated carbocycles. The molecule has 2 saturated heterocycles. The fourth-order valence-corrected chi connectivity index (χ4v) is 5.74. The minimum Gasteiger partial charge on any atom is -0.484 e. The van der Waals surface area contributed by atoms with Gasteiger partial charge in [0.2, 0.25) is 5.50 Å². The highest BCUT2D eigenvalue weighted by molar-refractivity contribution is 8.15. The predicted octanol–water partition coefficient (Wildman–Crippen LogP) is 1.09. The second-order valence-electron chi connectivity index (χ2n) is 6.75. The van der Waals surface area contributed by atoms with Crippen molar-refractivity contribution in [1.82, 2.24) is 10.2 Å². The number of carboxylic acid groups (broad SMARTS) is 1. The molecular weight excluding hydrogens is 468 g/mol. The number of para-hydroxylation sites is 1. The maximum atomic E-state index is 12.4. The molecule has 166 valence electrons. The van der Waals surface area contributed by atoms with E-state index >= 15 is 0 Å². The average Bonchev–Trinajstić information content (AvgIpc) is 3.19. The molecule has 1 aromatic rings. The maximum absolute atomic E-state index is 12.4. The second kappa shape index (κ2) is 10.4. The molecule has 2 unspecified atom stereocenters. The third-order valence-corrected chi connectivity index (χ3v) is 7.54. The van der Waals surface area contributed by atoms with E-state index in [1.54, 1.807) is 30.3 Å². The first-order valence-corrected chi connectivity index (χ1v) is 11.6. The van der Waals surface area contributed by atoms with E-state index in [1.807, 2.05) is 0 Å². The number of hydrogen-bond donors (Lipinski definition) is 2. The molecule has 2 aliphatic heterocycles. The summed E-state index contributed by atoms with van der Waals surface area (Å²) in [5.41, 5.74) is -1.63. The summed E-state index contributed by atoms with van der Waals surface area (Å²) < 4.78 is 5.34. The van der Waals surface area contributed by atoms with Gasteiger partial charge in [0.1, 0.15) is 17.2 Å². The van der Waals surface area contributed by atoms with Gasteiger partial charge in [0.15, 0.2) is 17.5 Å². The number of amides is 2. The first-order valence-electron chi connectivity index (χ1n) is 9.28. The van der Waals surface area contributed by atoms with Gasteiger partial charge in [-0.05, 0) is 18.6 Å². The number of carboxylic acids is 1. The van der Waals surface area contributed by atoms with E-state index in [0.717, 1.165) is 28.4 Å². The number of halogens is 1. The van der Waals surface area contributed by atoms with Gasteiger partial charge in [0.05, 0.1) is 11.0 Å². The van der Waals surface area contributed by atoms with Crippen molar-refractivity contribution in [2.75, 3.05) is 12.4 Å². The first-order chi connectivity index (χ1) is 14.8. The van der Waals surface area contributed by atoms with Crippen LogP contribution in [0.5, 0.6) is 5.75 Å². The summed E-state index contributed by atoms with van der Waals surface area (Å²) in [4.78, 5) is 60.6. The number of thioether (sulfide) groups is 2. The van der Waals surface area contributed by atoms with Crippen molar-refractivity contribution in [3.05, 3.63) is 30.3 Å². The van der Waals surface area contributed by atoms with Crippen LogP contribution in [0.4, 0.5) is 0 Å². The predicted molar refractivity (Wildman–Crippen MR) is 115 cm³/mol. The number of β-lactam (4-membered cyclic amide) rings is 1. The van der Waals surface area contributed by atoms with Crippen molar-refractivity contribution in [3.63, 3.8) is 0 Å². The van der Waals surface area contributed by atoms with E-state index < -0.39 is 40.0 Å². The lowest BCUT2D eigenvalue weighted by molar-refractivity contribution is -0.157. The molecule has 1 aromatic carbocycles.